The molecule has 0 unspecified atom stereocenters. The number of halogens is 5. The first-order valence-corrected chi connectivity index (χ1v) is 10.1. The van der Waals surface area contributed by atoms with Crippen LogP contribution in [0.3, 0.4) is 0 Å². The Labute approximate surface area is 188 Å². The minimum atomic E-state index is -4.74. The van der Waals surface area contributed by atoms with E-state index in [1.165, 1.54) is 4.57 Å². The van der Waals surface area contributed by atoms with Crippen molar-refractivity contribution in [3.05, 3.63) is 82.1 Å². The summed E-state index contributed by atoms with van der Waals surface area (Å²) in [6.45, 7) is 0.824. The van der Waals surface area contributed by atoms with Crippen molar-refractivity contribution >= 4 is 5.82 Å². The maximum atomic E-state index is 14.5. The third-order valence-electron chi connectivity index (χ3n) is 5.38. The maximum Gasteiger partial charge on any atom is 0.433 e. The number of benzene rings is 1. The van der Waals surface area contributed by atoms with Crippen molar-refractivity contribution in [2.75, 3.05) is 11.4 Å². The second kappa shape index (κ2) is 8.12. The van der Waals surface area contributed by atoms with Gasteiger partial charge in [-0.3, -0.25) is 9.55 Å². The fourth-order valence-electron chi connectivity index (χ4n) is 3.84. The van der Waals surface area contributed by atoms with Crippen molar-refractivity contribution in [1.29, 1.82) is 0 Å². The van der Waals surface area contributed by atoms with Crippen LogP contribution in [0.2, 0.25) is 0 Å². The zero-order valence-electron chi connectivity index (χ0n) is 17.2. The van der Waals surface area contributed by atoms with Gasteiger partial charge in [-0.15, -0.1) is 0 Å². The SMILES string of the molecule is O=c1nc(OCc2cc(F)c(Oc3ccnc(C(F)(F)F)c3)c(F)c2)cc2n1C[C@H]1C=CCN21. The molecule has 1 aromatic carbocycles. The number of nitrogens with zero attached hydrogens (tertiary/aromatic N) is 4. The van der Waals surface area contributed by atoms with Crippen molar-refractivity contribution < 1.29 is 31.4 Å². The molecule has 0 spiro atoms. The van der Waals surface area contributed by atoms with Gasteiger partial charge in [0.2, 0.25) is 5.88 Å². The quantitative estimate of drug-likeness (QED) is 0.407. The molecule has 3 aromatic rings. The fourth-order valence-corrected chi connectivity index (χ4v) is 3.84. The molecule has 34 heavy (non-hydrogen) atoms. The smallest absolute Gasteiger partial charge is 0.433 e. The minimum absolute atomic E-state index is 0.00130. The molecular weight excluding hydrogens is 463 g/mol. The van der Waals surface area contributed by atoms with E-state index < -0.39 is 40.7 Å². The number of aromatic nitrogens is 3. The van der Waals surface area contributed by atoms with E-state index in [0.29, 0.717) is 25.0 Å². The first-order valence-electron chi connectivity index (χ1n) is 10.1. The largest absolute Gasteiger partial charge is 0.473 e. The number of pyridine rings is 1. The Morgan fingerprint density at radius 1 is 1.12 bits per heavy atom. The zero-order chi connectivity index (χ0) is 24.0. The lowest BCUT2D eigenvalue weighted by atomic mass is 10.2. The first-order chi connectivity index (χ1) is 16.2. The fraction of sp³-hybridized carbons (Fsp3) is 0.227. The number of hydrogen-bond donors (Lipinski definition) is 0. The normalized spacial score (nSPS) is 16.5. The molecule has 0 bridgehead atoms. The van der Waals surface area contributed by atoms with Gasteiger partial charge in [-0.2, -0.15) is 18.2 Å². The lowest BCUT2D eigenvalue weighted by Crippen LogP contribution is -2.25. The van der Waals surface area contributed by atoms with Gasteiger partial charge in [-0.25, -0.2) is 13.6 Å². The molecule has 0 aliphatic carbocycles. The predicted molar refractivity (Wildman–Crippen MR) is 109 cm³/mol. The Kier molecular flexibility index (Phi) is 5.22. The highest BCUT2D eigenvalue weighted by Gasteiger charge is 2.33. The van der Waals surface area contributed by atoms with E-state index in [2.05, 4.69) is 9.97 Å². The molecule has 1 atom stereocenters. The summed E-state index contributed by atoms with van der Waals surface area (Å²) in [4.78, 5) is 21.3. The Morgan fingerprint density at radius 3 is 2.62 bits per heavy atom. The number of anilines is 1. The predicted octanol–water partition coefficient (Wildman–Crippen LogP) is 4.07. The summed E-state index contributed by atoms with van der Waals surface area (Å²) in [6.07, 6.45) is 0.0728. The summed E-state index contributed by atoms with van der Waals surface area (Å²) in [5.74, 6) is -2.94. The van der Waals surface area contributed by atoms with Crippen LogP contribution >= 0.6 is 0 Å². The van der Waals surface area contributed by atoms with Gasteiger partial charge < -0.3 is 14.4 Å². The van der Waals surface area contributed by atoms with Gasteiger partial charge in [-0.05, 0) is 23.8 Å². The standard InChI is InChI=1S/C22H15F5N4O3/c23-15-6-12(7-16(24)20(15)34-14-3-4-28-17(8-14)22(25,26)27)11-33-18-9-19-30-5-1-2-13(30)10-31(19)21(32)29-18/h1-4,6-9,13H,5,10-11H2/t13-/m1/s1. The van der Waals surface area contributed by atoms with Crippen molar-refractivity contribution in [2.24, 2.45) is 0 Å². The number of hydrogen-bond acceptors (Lipinski definition) is 6. The third-order valence-corrected chi connectivity index (χ3v) is 5.38. The summed E-state index contributed by atoms with van der Waals surface area (Å²) in [5.41, 5.74) is -1.69. The van der Waals surface area contributed by atoms with Gasteiger partial charge in [0.05, 0.1) is 12.6 Å². The molecule has 2 aliphatic rings. The molecule has 5 rings (SSSR count). The van der Waals surface area contributed by atoms with Crippen LogP contribution in [-0.4, -0.2) is 27.1 Å². The van der Waals surface area contributed by atoms with Crippen molar-refractivity contribution in [2.45, 2.75) is 25.4 Å². The van der Waals surface area contributed by atoms with Crippen LogP contribution in [0.25, 0.3) is 0 Å². The van der Waals surface area contributed by atoms with Crippen molar-refractivity contribution in [3.63, 3.8) is 0 Å². The van der Waals surface area contributed by atoms with Crippen LogP contribution in [0.1, 0.15) is 11.3 Å². The molecular formula is C22H15F5N4O3. The molecule has 4 heterocycles. The summed E-state index contributed by atoms with van der Waals surface area (Å²) >= 11 is 0. The van der Waals surface area contributed by atoms with E-state index in [0.717, 1.165) is 24.4 Å². The Morgan fingerprint density at radius 2 is 1.88 bits per heavy atom. The van der Waals surface area contributed by atoms with Crippen molar-refractivity contribution in [1.82, 2.24) is 14.5 Å². The van der Waals surface area contributed by atoms with E-state index in [1.807, 2.05) is 17.1 Å². The average Bonchev–Trinajstić information content (AvgIpc) is 3.37. The number of rotatable bonds is 5. The zero-order valence-corrected chi connectivity index (χ0v) is 17.2. The highest BCUT2D eigenvalue weighted by molar-refractivity contribution is 5.51. The van der Waals surface area contributed by atoms with Crippen molar-refractivity contribution in [3.8, 4) is 17.4 Å². The van der Waals surface area contributed by atoms with E-state index in [4.69, 9.17) is 9.47 Å². The Bertz CT molecular complexity index is 1330. The number of fused-ring (bicyclic) bond motifs is 3. The van der Waals surface area contributed by atoms with E-state index >= 15 is 0 Å². The molecule has 2 aromatic heterocycles. The van der Waals surface area contributed by atoms with Crippen LogP contribution in [0.5, 0.6) is 17.4 Å². The molecule has 7 nitrogen and oxygen atoms in total. The molecule has 0 saturated heterocycles. The Balaban J connectivity index is 1.32. The van der Waals surface area contributed by atoms with Gasteiger partial charge in [0.1, 0.15) is 23.9 Å². The summed E-state index contributed by atoms with van der Waals surface area (Å²) in [6, 6.07) is 5.08. The average molecular weight is 478 g/mol. The molecule has 176 valence electrons. The van der Waals surface area contributed by atoms with Gasteiger partial charge in [0, 0.05) is 24.9 Å². The second-order valence-electron chi connectivity index (χ2n) is 7.65. The Hall–Kier alpha value is -3.96. The lowest BCUT2D eigenvalue weighted by Gasteiger charge is -2.17. The monoisotopic (exact) mass is 478 g/mol. The molecule has 0 radical (unpaired) electrons. The number of alkyl halides is 3. The summed E-state index contributed by atoms with van der Waals surface area (Å²) in [7, 11) is 0. The third kappa shape index (κ3) is 4.06. The van der Waals surface area contributed by atoms with E-state index in [1.54, 1.807) is 6.07 Å². The summed E-state index contributed by atoms with van der Waals surface area (Å²) in [5, 5.41) is 0. The second-order valence-corrected chi connectivity index (χ2v) is 7.65. The van der Waals surface area contributed by atoms with Crippen LogP contribution in [0.15, 0.2) is 53.5 Å². The van der Waals surface area contributed by atoms with Crippen LogP contribution < -0.4 is 20.1 Å². The van der Waals surface area contributed by atoms with Crippen LogP contribution in [0.4, 0.5) is 27.8 Å². The van der Waals surface area contributed by atoms with Gasteiger partial charge in [0.25, 0.3) is 0 Å². The molecule has 0 saturated carbocycles. The topological polar surface area (TPSA) is 69.5 Å². The molecule has 0 fully saturated rings. The molecule has 0 amide bonds. The van der Waals surface area contributed by atoms with Crippen LogP contribution in [0, 0.1) is 11.6 Å². The van der Waals surface area contributed by atoms with Gasteiger partial charge in [-0.1, -0.05) is 12.2 Å². The highest BCUT2D eigenvalue weighted by Crippen LogP contribution is 2.34. The molecule has 12 heteroatoms. The molecule has 2 aliphatic heterocycles. The number of ether oxygens (including phenoxy) is 2. The van der Waals surface area contributed by atoms with Crippen LogP contribution in [-0.2, 0) is 19.3 Å². The van der Waals surface area contributed by atoms with Gasteiger partial charge >= 0.3 is 11.9 Å². The first kappa shape index (κ1) is 21.9. The van der Waals surface area contributed by atoms with E-state index in [9.17, 15) is 26.7 Å². The van der Waals surface area contributed by atoms with Gasteiger partial charge in [0.15, 0.2) is 17.4 Å². The lowest BCUT2D eigenvalue weighted by molar-refractivity contribution is -0.141. The summed E-state index contributed by atoms with van der Waals surface area (Å²) < 4.78 is 79.4. The maximum absolute atomic E-state index is 14.5. The highest BCUT2D eigenvalue weighted by atomic mass is 19.4. The molecule has 0 N–H and O–H groups in total. The minimum Gasteiger partial charge on any atom is -0.473 e. The van der Waals surface area contributed by atoms with E-state index in [-0.39, 0.29) is 24.1 Å².